The van der Waals surface area contributed by atoms with Crippen LogP contribution < -0.4 is 5.32 Å². The molecule has 3 rings (SSSR count). The van der Waals surface area contributed by atoms with Crippen molar-refractivity contribution in [2.75, 3.05) is 7.05 Å². The molecule has 2 fully saturated rings. The molecule has 100 valence electrons. The van der Waals surface area contributed by atoms with Crippen molar-refractivity contribution in [3.05, 3.63) is 11.7 Å². The van der Waals surface area contributed by atoms with Crippen molar-refractivity contribution in [1.29, 1.82) is 0 Å². The molecule has 0 bridgehead atoms. The molecule has 4 heteroatoms. The summed E-state index contributed by atoms with van der Waals surface area (Å²) in [7, 11) is 2.06. The van der Waals surface area contributed by atoms with Gasteiger partial charge in [-0.15, -0.1) is 0 Å². The van der Waals surface area contributed by atoms with E-state index in [0.29, 0.717) is 12.0 Å². The maximum Gasteiger partial charge on any atom is 0.226 e. The van der Waals surface area contributed by atoms with E-state index in [9.17, 15) is 0 Å². The molecule has 0 saturated heterocycles. The van der Waals surface area contributed by atoms with Gasteiger partial charge in [0, 0.05) is 17.9 Å². The van der Waals surface area contributed by atoms with Crippen molar-refractivity contribution in [2.45, 2.75) is 63.3 Å². The Morgan fingerprint density at radius 2 is 2.11 bits per heavy atom. The highest BCUT2D eigenvalue weighted by Gasteiger charge is 2.43. The number of nitrogens with one attached hydrogen (secondary N) is 1. The van der Waals surface area contributed by atoms with Crippen LogP contribution in [0.5, 0.6) is 0 Å². The Morgan fingerprint density at radius 3 is 2.83 bits per heavy atom. The summed E-state index contributed by atoms with van der Waals surface area (Å²) in [5.41, 5.74) is 0.219. The van der Waals surface area contributed by atoms with Crippen LogP contribution in [0.4, 0.5) is 0 Å². The number of aromatic nitrogens is 2. The number of hydrogen-bond donors (Lipinski definition) is 1. The first-order chi connectivity index (χ1) is 8.71. The summed E-state index contributed by atoms with van der Waals surface area (Å²) < 4.78 is 5.44. The lowest BCUT2D eigenvalue weighted by atomic mass is 9.82. The predicted molar refractivity (Wildman–Crippen MR) is 69.4 cm³/mol. The summed E-state index contributed by atoms with van der Waals surface area (Å²) in [6.07, 6.45) is 8.58. The molecule has 1 aromatic rings. The van der Waals surface area contributed by atoms with Gasteiger partial charge >= 0.3 is 0 Å². The van der Waals surface area contributed by atoms with E-state index < -0.39 is 0 Å². The Labute approximate surface area is 109 Å². The molecule has 18 heavy (non-hydrogen) atoms. The van der Waals surface area contributed by atoms with Crippen LogP contribution in [-0.2, 0) is 11.8 Å². The van der Waals surface area contributed by atoms with Crippen molar-refractivity contribution in [3.63, 3.8) is 0 Å². The van der Waals surface area contributed by atoms with Gasteiger partial charge in [-0.05, 0) is 38.6 Å². The molecule has 2 unspecified atom stereocenters. The molecule has 0 aromatic carbocycles. The van der Waals surface area contributed by atoms with Gasteiger partial charge in [0.1, 0.15) is 0 Å². The monoisotopic (exact) mass is 249 g/mol. The van der Waals surface area contributed by atoms with Gasteiger partial charge < -0.3 is 9.84 Å². The molecule has 1 N–H and O–H groups in total. The number of nitrogens with zero attached hydrogens (tertiary/aromatic N) is 2. The molecule has 1 aromatic heterocycles. The van der Waals surface area contributed by atoms with Crippen LogP contribution in [-0.4, -0.2) is 23.2 Å². The molecule has 0 spiro atoms. The number of hydrogen-bond acceptors (Lipinski definition) is 4. The third kappa shape index (κ3) is 2.30. The van der Waals surface area contributed by atoms with E-state index in [1.165, 1.54) is 38.5 Å². The second-order valence-corrected chi connectivity index (χ2v) is 6.22. The summed E-state index contributed by atoms with van der Waals surface area (Å²) in [6.45, 7) is 2.22. The Bertz CT molecular complexity index is 411. The summed E-state index contributed by atoms with van der Waals surface area (Å²) in [5, 5.41) is 7.59. The molecular formula is C14H23N3O. The lowest BCUT2D eigenvalue weighted by molar-refractivity contribution is 0.248. The zero-order valence-corrected chi connectivity index (χ0v) is 11.4. The van der Waals surface area contributed by atoms with Crippen molar-refractivity contribution in [1.82, 2.24) is 15.5 Å². The first-order valence-corrected chi connectivity index (χ1v) is 7.21. The van der Waals surface area contributed by atoms with Crippen molar-refractivity contribution in [3.8, 4) is 0 Å². The second kappa shape index (κ2) is 4.65. The summed E-state index contributed by atoms with van der Waals surface area (Å²) >= 11 is 0. The van der Waals surface area contributed by atoms with Crippen LogP contribution in [0, 0.1) is 5.92 Å². The van der Waals surface area contributed by atoms with Gasteiger partial charge in [-0.25, -0.2) is 0 Å². The normalized spacial score (nSPS) is 30.3. The fraction of sp³-hybridized carbons (Fsp3) is 0.857. The molecule has 2 aliphatic rings. The van der Waals surface area contributed by atoms with Crippen LogP contribution in [0.3, 0.4) is 0 Å². The third-order valence-corrected chi connectivity index (χ3v) is 4.72. The second-order valence-electron chi connectivity index (χ2n) is 6.22. The Hall–Kier alpha value is -0.900. The van der Waals surface area contributed by atoms with Crippen LogP contribution in [0.2, 0.25) is 0 Å². The fourth-order valence-corrected chi connectivity index (χ4v) is 3.05. The Balaban J connectivity index is 1.66. The van der Waals surface area contributed by atoms with E-state index in [4.69, 9.17) is 4.52 Å². The Kier molecular flexibility index (Phi) is 3.14. The van der Waals surface area contributed by atoms with Crippen molar-refractivity contribution >= 4 is 0 Å². The smallest absolute Gasteiger partial charge is 0.226 e. The molecule has 1 heterocycles. The molecule has 0 radical (unpaired) electrons. The zero-order valence-electron chi connectivity index (χ0n) is 11.4. The van der Waals surface area contributed by atoms with Gasteiger partial charge in [0.05, 0.1) is 0 Å². The van der Waals surface area contributed by atoms with Gasteiger partial charge in [-0.2, -0.15) is 4.98 Å². The van der Waals surface area contributed by atoms with Crippen LogP contribution >= 0.6 is 0 Å². The number of rotatable bonds is 4. The molecule has 2 atom stereocenters. The summed E-state index contributed by atoms with van der Waals surface area (Å²) in [6, 6.07) is 0.616. The molecule has 2 saturated carbocycles. The fourth-order valence-electron chi connectivity index (χ4n) is 3.05. The van der Waals surface area contributed by atoms with Crippen LogP contribution in [0.25, 0.3) is 0 Å². The first-order valence-electron chi connectivity index (χ1n) is 7.21. The maximum atomic E-state index is 5.44. The molecule has 0 aliphatic heterocycles. The van der Waals surface area contributed by atoms with Gasteiger partial charge in [0.15, 0.2) is 5.82 Å². The van der Waals surface area contributed by atoms with E-state index in [0.717, 1.165) is 18.1 Å². The highest BCUT2D eigenvalue weighted by Crippen LogP contribution is 2.46. The van der Waals surface area contributed by atoms with E-state index in [2.05, 4.69) is 29.4 Å². The maximum absolute atomic E-state index is 5.44. The standard InChI is InChI=1S/C14H23N3O/c1-14(7-8-14)13-16-12(18-17-13)9-10-5-3-4-6-11(10)15-2/h10-11,15H,3-9H2,1-2H3. The SMILES string of the molecule is CNC1CCCCC1Cc1nc(C2(C)CC2)no1. The van der Waals surface area contributed by atoms with E-state index >= 15 is 0 Å². The van der Waals surface area contributed by atoms with E-state index in [1.807, 2.05) is 0 Å². The molecule has 2 aliphatic carbocycles. The van der Waals surface area contributed by atoms with Gasteiger partial charge in [-0.3, -0.25) is 0 Å². The highest BCUT2D eigenvalue weighted by molar-refractivity contribution is 5.14. The molecule has 0 amide bonds. The van der Waals surface area contributed by atoms with E-state index in [1.54, 1.807) is 0 Å². The topological polar surface area (TPSA) is 51.0 Å². The first kappa shape index (κ1) is 12.2. The average molecular weight is 249 g/mol. The van der Waals surface area contributed by atoms with Gasteiger partial charge in [0.25, 0.3) is 0 Å². The van der Waals surface area contributed by atoms with E-state index in [-0.39, 0.29) is 5.41 Å². The minimum Gasteiger partial charge on any atom is -0.339 e. The zero-order chi connectivity index (χ0) is 12.6. The minimum atomic E-state index is 0.219. The van der Waals surface area contributed by atoms with Crippen LogP contribution in [0.15, 0.2) is 4.52 Å². The molecular weight excluding hydrogens is 226 g/mol. The van der Waals surface area contributed by atoms with Crippen molar-refractivity contribution < 1.29 is 4.52 Å². The largest absolute Gasteiger partial charge is 0.339 e. The van der Waals surface area contributed by atoms with Crippen molar-refractivity contribution in [2.24, 2.45) is 5.92 Å². The summed E-state index contributed by atoms with van der Waals surface area (Å²) in [4.78, 5) is 4.60. The van der Waals surface area contributed by atoms with Gasteiger partial charge in [-0.1, -0.05) is 24.9 Å². The quantitative estimate of drug-likeness (QED) is 0.890. The predicted octanol–water partition coefficient (Wildman–Crippen LogP) is 2.44. The third-order valence-electron chi connectivity index (χ3n) is 4.72. The minimum absolute atomic E-state index is 0.219. The molecule has 4 nitrogen and oxygen atoms in total. The summed E-state index contributed by atoms with van der Waals surface area (Å²) in [5.74, 6) is 2.42. The lowest BCUT2D eigenvalue weighted by Gasteiger charge is -2.30. The lowest BCUT2D eigenvalue weighted by Crippen LogP contribution is -2.37. The highest BCUT2D eigenvalue weighted by atomic mass is 16.5. The average Bonchev–Trinajstić information content (AvgIpc) is 2.96. The Morgan fingerprint density at radius 1 is 1.33 bits per heavy atom. The van der Waals surface area contributed by atoms with Gasteiger partial charge in [0.2, 0.25) is 5.89 Å². The van der Waals surface area contributed by atoms with Crippen LogP contribution in [0.1, 0.15) is 57.2 Å².